The van der Waals surface area contributed by atoms with Crippen LogP contribution in [0.1, 0.15) is 18.4 Å². The zero-order valence-electron chi connectivity index (χ0n) is 7.40. The molecule has 2 nitrogen and oxygen atoms in total. The normalized spacial score (nSPS) is 22.8. The molecule has 2 unspecified atom stereocenters. The van der Waals surface area contributed by atoms with Crippen molar-refractivity contribution in [1.82, 2.24) is 0 Å². The van der Waals surface area contributed by atoms with Crippen LogP contribution in [0, 0.1) is 0 Å². The second-order valence-electron chi connectivity index (χ2n) is 3.38. The minimum absolute atomic E-state index is 0.173. The topological polar surface area (TPSA) is 40.5 Å². The van der Waals surface area contributed by atoms with E-state index in [1.165, 1.54) is 4.90 Å². The third-order valence-corrected chi connectivity index (χ3v) is 3.60. The first-order valence-electron chi connectivity index (χ1n) is 4.32. The Morgan fingerprint density at radius 1 is 1.54 bits per heavy atom. The zero-order chi connectivity index (χ0) is 9.42. The van der Waals surface area contributed by atoms with Crippen molar-refractivity contribution in [2.75, 3.05) is 5.75 Å². The maximum Gasteiger partial charge on any atom is 0.115 e. The molecule has 0 bridgehead atoms. The van der Waals surface area contributed by atoms with Gasteiger partial charge in [-0.25, -0.2) is 0 Å². The quantitative estimate of drug-likeness (QED) is 0.721. The highest BCUT2D eigenvalue weighted by atomic mass is 32.2. The van der Waals surface area contributed by atoms with E-state index < -0.39 is 0 Å². The Hall–Kier alpha value is -0.670. The highest BCUT2D eigenvalue weighted by Gasteiger charge is 2.26. The monoisotopic (exact) mass is 196 g/mol. The molecule has 0 spiro atoms. The van der Waals surface area contributed by atoms with E-state index in [2.05, 4.69) is 0 Å². The summed E-state index contributed by atoms with van der Waals surface area (Å²) in [6.45, 7) is 1.80. The molecule has 2 rings (SSSR count). The van der Waals surface area contributed by atoms with Crippen molar-refractivity contribution in [1.29, 1.82) is 0 Å². The molecule has 2 atom stereocenters. The van der Waals surface area contributed by atoms with E-state index in [1.807, 2.05) is 6.07 Å². The van der Waals surface area contributed by atoms with Crippen molar-refractivity contribution in [3.05, 3.63) is 23.8 Å². The van der Waals surface area contributed by atoms with Gasteiger partial charge < -0.3 is 10.2 Å². The van der Waals surface area contributed by atoms with Gasteiger partial charge in [0.25, 0.3) is 0 Å². The second-order valence-corrected chi connectivity index (χ2v) is 4.44. The third-order valence-electron chi connectivity index (χ3n) is 2.39. The minimum atomic E-state index is -0.337. The van der Waals surface area contributed by atoms with E-state index >= 15 is 0 Å². The number of aromatic hydroxyl groups is 1. The number of aliphatic hydroxyl groups is 1. The Morgan fingerprint density at radius 3 is 3.00 bits per heavy atom. The number of thioether (sulfide) groups is 1. The number of fused-ring (bicyclic) bond motifs is 1. The molecule has 1 aliphatic rings. The molecule has 0 radical (unpaired) electrons. The Bertz CT molecular complexity index is 323. The van der Waals surface area contributed by atoms with Crippen molar-refractivity contribution >= 4 is 11.8 Å². The van der Waals surface area contributed by atoms with Crippen LogP contribution in [0.3, 0.4) is 0 Å². The fourth-order valence-electron chi connectivity index (χ4n) is 1.63. The Labute approximate surface area is 81.6 Å². The number of phenols is 1. The summed E-state index contributed by atoms with van der Waals surface area (Å²) in [4.78, 5) is 1.18. The van der Waals surface area contributed by atoms with E-state index in [0.717, 1.165) is 11.3 Å². The summed E-state index contributed by atoms with van der Waals surface area (Å²) in [5.74, 6) is 1.37. The highest BCUT2D eigenvalue weighted by molar-refractivity contribution is 7.99. The summed E-state index contributed by atoms with van der Waals surface area (Å²) in [7, 11) is 0. The predicted octanol–water partition coefficient (Wildman–Crippen LogP) is 1.96. The summed E-state index contributed by atoms with van der Waals surface area (Å²) < 4.78 is 0. The average molecular weight is 196 g/mol. The van der Waals surface area contributed by atoms with Crippen molar-refractivity contribution < 1.29 is 10.2 Å². The van der Waals surface area contributed by atoms with Gasteiger partial charge in [0.05, 0.1) is 6.10 Å². The highest BCUT2D eigenvalue weighted by Crippen LogP contribution is 2.42. The molecule has 0 amide bonds. The Balaban J connectivity index is 2.40. The maximum atomic E-state index is 9.49. The number of hydrogen-bond donors (Lipinski definition) is 2. The second kappa shape index (κ2) is 3.24. The van der Waals surface area contributed by atoms with Gasteiger partial charge in [-0.2, -0.15) is 0 Å². The van der Waals surface area contributed by atoms with Crippen LogP contribution in [0.4, 0.5) is 0 Å². The van der Waals surface area contributed by atoms with Crippen molar-refractivity contribution in [3.63, 3.8) is 0 Å². The van der Waals surface area contributed by atoms with Crippen molar-refractivity contribution in [2.45, 2.75) is 23.8 Å². The van der Waals surface area contributed by atoms with Crippen LogP contribution in [0.5, 0.6) is 5.75 Å². The van der Waals surface area contributed by atoms with E-state index in [4.69, 9.17) is 0 Å². The lowest BCUT2D eigenvalue weighted by Gasteiger charge is -2.13. The summed E-state index contributed by atoms with van der Waals surface area (Å²) in [6.07, 6.45) is -0.337. The van der Waals surface area contributed by atoms with Gasteiger partial charge in [-0.15, -0.1) is 11.8 Å². The fourth-order valence-corrected chi connectivity index (χ4v) is 2.98. The molecule has 70 valence electrons. The first-order valence-corrected chi connectivity index (χ1v) is 5.31. The smallest absolute Gasteiger partial charge is 0.115 e. The van der Waals surface area contributed by atoms with Crippen LogP contribution < -0.4 is 0 Å². The van der Waals surface area contributed by atoms with Gasteiger partial charge in [0, 0.05) is 16.6 Å². The zero-order valence-corrected chi connectivity index (χ0v) is 8.21. The number of hydrogen-bond acceptors (Lipinski definition) is 3. The largest absolute Gasteiger partial charge is 0.508 e. The van der Waals surface area contributed by atoms with Gasteiger partial charge in [-0.05, 0) is 30.7 Å². The summed E-state index contributed by atoms with van der Waals surface area (Å²) in [6, 6.07) is 5.36. The van der Waals surface area contributed by atoms with Gasteiger partial charge in [0.15, 0.2) is 0 Å². The first-order chi connectivity index (χ1) is 6.18. The lowest BCUT2D eigenvalue weighted by atomic mass is 9.96. The van der Waals surface area contributed by atoms with E-state index in [1.54, 1.807) is 30.8 Å². The summed E-state index contributed by atoms with van der Waals surface area (Å²) in [5, 5.41) is 18.8. The first kappa shape index (κ1) is 8.91. The van der Waals surface area contributed by atoms with Crippen LogP contribution in [0.15, 0.2) is 23.1 Å². The van der Waals surface area contributed by atoms with Crippen LogP contribution in [0.25, 0.3) is 0 Å². The molecule has 1 aliphatic heterocycles. The number of rotatable bonds is 1. The van der Waals surface area contributed by atoms with Crippen LogP contribution in [-0.4, -0.2) is 22.1 Å². The molecular formula is C10H12O2S. The van der Waals surface area contributed by atoms with E-state index in [0.29, 0.717) is 0 Å². The average Bonchev–Trinajstić information content (AvgIpc) is 2.46. The lowest BCUT2D eigenvalue weighted by molar-refractivity contribution is 0.171. The molecular weight excluding hydrogens is 184 g/mol. The molecule has 0 aromatic heterocycles. The van der Waals surface area contributed by atoms with Crippen LogP contribution >= 0.6 is 11.8 Å². The number of phenolic OH excluding ortho intramolecular Hbond substituents is 1. The van der Waals surface area contributed by atoms with Crippen molar-refractivity contribution in [2.24, 2.45) is 0 Å². The minimum Gasteiger partial charge on any atom is -0.508 e. The molecule has 1 aromatic carbocycles. The molecule has 13 heavy (non-hydrogen) atoms. The Kier molecular flexibility index (Phi) is 2.22. The van der Waals surface area contributed by atoms with Gasteiger partial charge in [0.2, 0.25) is 0 Å². The SMILES string of the molecule is CC(O)C1CSc2ccc(O)cc21. The van der Waals surface area contributed by atoms with Gasteiger partial charge in [0.1, 0.15) is 5.75 Å². The molecule has 0 aliphatic carbocycles. The molecule has 2 N–H and O–H groups in total. The molecule has 0 saturated carbocycles. The predicted molar refractivity (Wildman–Crippen MR) is 53.3 cm³/mol. The molecule has 0 saturated heterocycles. The molecule has 1 aromatic rings. The van der Waals surface area contributed by atoms with Crippen LogP contribution in [0.2, 0.25) is 0 Å². The molecule has 1 heterocycles. The van der Waals surface area contributed by atoms with Crippen molar-refractivity contribution in [3.8, 4) is 5.75 Å². The Morgan fingerprint density at radius 2 is 2.31 bits per heavy atom. The van der Waals surface area contributed by atoms with Gasteiger partial charge >= 0.3 is 0 Å². The van der Waals surface area contributed by atoms with Crippen LogP contribution in [-0.2, 0) is 0 Å². The van der Waals surface area contributed by atoms with Gasteiger partial charge in [-0.3, -0.25) is 0 Å². The molecule has 3 heteroatoms. The van der Waals surface area contributed by atoms with Gasteiger partial charge in [-0.1, -0.05) is 0 Å². The maximum absolute atomic E-state index is 9.49. The fraction of sp³-hybridized carbons (Fsp3) is 0.400. The van der Waals surface area contributed by atoms with E-state index in [9.17, 15) is 10.2 Å². The third kappa shape index (κ3) is 1.54. The molecule has 0 fully saturated rings. The lowest BCUT2D eigenvalue weighted by Crippen LogP contribution is -2.13. The number of benzene rings is 1. The van der Waals surface area contributed by atoms with E-state index in [-0.39, 0.29) is 17.8 Å². The summed E-state index contributed by atoms with van der Waals surface area (Å²) in [5.41, 5.74) is 1.08. The summed E-state index contributed by atoms with van der Waals surface area (Å²) >= 11 is 1.74. The number of aliphatic hydroxyl groups excluding tert-OH is 1. The standard InChI is InChI=1S/C10H12O2S/c1-6(11)9-5-13-10-3-2-7(12)4-8(9)10/h2-4,6,9,11-12H,5H2,1H3.